The summed E-state index contributed by atoms with van der Waals surface area (Å²) < 4.78 is 25.8. The Balaban J connectivity index is 1.54. The van der Waals surface area contributed by atoms with Crippen LogP contribution >= 0.6 is 11.0 Å². The normalized spacial score (nSPS) is 21.3. The SMILES string of the molecule is CNC1CCN(CCN2c3ccccc3N(c3ccccc3)S2(O)O)CC1. The maximum atomic E-state index is 11.2. The van der Waals surface area contributed by atoms with Crippen molar-refractivity contribution in [2.45, 2.75) is 18.9 Å². The number of hydrogen-bond donors (Lipinski definition) is 3. The van der Waals surface area contributed by atoms with Gasteiger partial charge in [0.2, 0.25) is 0 Å². The summed E-state index contributed by atoms with van der Waals surface area (Å²) in [6.07, 6.45) is 2.28. The number of benzene rings is 2. The number of hydrogen-bond acceptors (Lipinski definition) is 6. The van der Waals surface area contributed by atoms with Gasteiger partial charge in [-0.25, -0.2) is 4.31 Å². The lowest BCUT2D eigenvalue weighted by molar-refractivity contribution is 0.207. The zero-order chi connectivity index (χ0) is 18.9. The van der Waals surface area contributed by atoms with E-state index >= 15 is 0 Å². The summed E-state index contributed by atoms with van der Waals surface area (Å²) in [7, 11) is -1.11. The molecule has 0 amide bonds. The van der Waals surface area contributed by atoms with Gasteiger partial charge in [-0.2, -0.15) is 0 Å². The predicted octanol–water partition coefficient (Wildman–Crippen LogP) is 3.91. The Morgan fingerprint density at radius 1 is 0.926 bits per heavy atom. The van der Waals surface area contributed by atoms with E-state index in [0.29, 0.717) is 12.6 Å². The monoisotopic (exact) mass is 388 g/mol. The van der Waals surface area contributed by atoms with Gasteiger partial charge in [0, 0.05) is 12.6 Å². The van der Waals surface area contributed by atoms with Gasteiger partial charge >= 0.3 is 0 Å². The summed E-state index contributed by atoms with van der Waals surface area (Å²) >= 11 is 0. The van der Waals surface area contributed by atoms with Crippen LogP contribution in [0.1, 0.15) is 12.8 Å². The van der Waals surface area contributed by atoms with Crippen molar-refractivity contribution >= 4 is 28.0 Å². The van der Waals surface area contributed by atoms with E-state index in [1.807, 2.05) is 61.6 Å². The molecular formula is C20H28N4O2S. The van der Waals surface area contributed by atoms with Crippen molar-refractivity contribution in [2.24, 2.45) is 0 Å². The number of nitrogens with zero attached hydrogens (tertiary/aromatic N) is 3. The minimum Gasteiger partial charge on any atom is -0.317 e. The Hall–Kier alpha value is -1.77. The van der Waals surface area contributed by atoms with E-state index in [0.717, 1.165) is 49.5 Å². The maximum Gasteiger partial charge on any atom is 0.0896 e. The van der Waals surface area contributed by atoms with Gasteiger partial charge in [-0.1, -0.05) is 30.3 Å². The predicted molar refractivity (Wildman–Crippen MR) is 114 cm³/mol. The smallest absolute Gasteiger partial charge is 0.0896 e. The van der Waals surface area contributed by atoms with Gasteiger partial charge in [-0.15, -0.1) is 0 Å². The van der Waals surface area contributed by atoms with Crippen molar-refractivity contribution < 1.29 is 9.11 Å². The first-order chi connectivity index (χ1) is 13.1. The molecular weight excluding hydrogens is 360 g/mol. The zero-order valence-corrected chi connectivity index (χ0v) is 16.5. The van der Waals surface area contributed by atoms with Crippen LogP contribution in [0.2, 0.25) is 0 Å². The zero-order valence-electron chi connectivity index (χ0n) is 15.7. The number of piperidine rings is 1. The minimum atomic E-state index is -3.13. The quantitative estimate of drug-likeness (QED) is 0.722. The van der Waals surface area contributed by atoms with Gasteiger partial charge in [-0.3, -0.25) is 13.4 Å². The number of anilines is 3. The molecule has 2 aromatic carbocycles. The van der Waals surface area contributed by atoms with Gasteiger partial charge in [0.05, 0.1) is 23.6 Å². The van der Waals surface area contributed by atoms with Gasteiger partial charge < -0.3 is 10.2 Å². The van der Waals surface area contributed by atoms with Gasteiger partial charge in [-0.05, 0) is 68.2 Å². The highest BCUT2D eigenvalue weighted by Crippen LogP contribution is 2.63. The summed E-state index contributed by atoms with van der Waals surface area (Å²) in [6, 6.07) is 18.0. The average molecular weight is 389 g/mol. The van der Waals surface area contributed by atoms with Gasteiger partial charge in [0.25, 0.3) is 0 Å². The molecule has 0 aliphatic carbocycles. The van der Waals surface area contributed by atoms with Crippen LogP contribution in [-0.2, 0) is 0 Å². The summed E-state index contributed by atoms with van der Waals surface area (Å²) in [5, 5.41) is 3.35. The molecule has 0 atom stereocenters. The average Bonchev–Trinajstić information content (AvgIpc) is 2.93. The molecule has 2 heterocycles. The lowest BCUT2D eigenvalue weighted by atomic mass is 10.1. The van der Waals surface area contributed by atoms with E-state index in [4.69, 9.17) is 0 Å². The molecule has 146 valence electrons. The number of fused-ring (bicyclic) bond motifs is 1. The van der Waals surface area contributed by atoms with Crippen LogP contribution in [-0.4, -0.2) is 53.3 Å². The van der Waals surface area contributed by atoms with Crippen LogP contribution in [0.25, 0.3) is 0 Å². The molecule has 0 radical (unpaired) electrons. The van der Waals surface area contributed by atoms with E-state index in [2.05, 4.69) is 10.2 Å². The number of rotatable bonds is 5. The molecule has 27 heavy (non-hydrogen) atoms. The highest BCUT2D eigenvalue weighted by Gasteiger charge is 2.41. The number of para-hydroxylation sites is 3. The lowest BCUT2D eigenvalue weighted by Crippen LogP contribution is -2.44. The first-order valence-electron chi connectivity index (χ1n) is 9.51. The summed E-state index contributed by atoms with van der Waals surface area (Å²) in [5.41, 5.74) is 2.52. The molecule has 0 bridgehead atoms. The Labute approximate surface area is 163 Å². The molecule has 0 aromatic heterocycles. The van der Waals surface area contributed by atoms with Crippen LogP contribution in [0.4, 0.5) is 17.1 Å². The first-order valence-corrected chi connectivity index (χ1v) is 11.0. The molecule has 6 nitrogen and oxygen atoms in total. The molecule has 0 unspecified atom stereocenters. The molecule has 1 saturated heterocycles. The van der Waals surface area contributed by atoms with Crippen molar-refractivity contribution in [1.29, 1.82) is 0 Å². The summed E-state index contributed by atoms with van der Waals surface area (Å²) in [5.74, 6) is 0. The third kappa shape index (κ3) is 3.53. The topological polar surface area (TPSA) is 62.2 Å². The van der Waals surface area contributed by atoms with Gasteiger partial charge in [0.1, 0.15) is 0 Å². The second-order valence-corrected chi connectivity index (χ2v) is 8.90. The van der Waals surface area contributed by atoms with E-state index in [9.17, 15) is 9.11 Å². The van der Waals surface area contributed by atoms with Crippen molar-refractivity contribution in [2.75, 3.05) is 41.8 Å². The number of nitrogens with one attached hydrogen (secondary N) is 1. The van der Waals surface area contributed by atoms with Crippen molar-refractivity contribution in [1.82, 2.24) is 10.2 Å². The highest BCUT2D eigenvalue weighted by atomic mass is 32.3. The molecule has 2 aromatic rings. The summed E-state index contributed by atoms with van der Waals surface area (Å²) in [4.78, 5) is 2.41. The summed E-state index contributed by atoms with van der Waals surface area (Å²) in [6.45, 7) is 3.50. The second kappa shape index (κ2) is 7.69. The molecule has 4 rings (SSSR count). The molecule has 3 N–H and O–H groups in total. The van der Waals surface area contributed by atoms with Crippen LogP contribution in [0, 0.1) is 0 Å². The van der Waals surface area contributed by atoms with Crippen LogP contribution in [0.15, 0.2) is 54.6 Å². The largest absolute Gasteiger partial charge is 0.317 e. The third-order valence-corrected chi connectivity index (χ3v) is 7.38. The molecule has 2 aliphatic heterocycles. The van der Waals surface area contributed by atoms with E-state index in [-0.39, 0.29) is 0 Å². The molecule has 2 aliphatic rings. The van der Waals surface area contributed by atoms with Crippen molar-refractivity contribution in [3.63, 3.8) is 0 Å². The fourth-order valence-corrected chi connectivity index (χ4v) is 5.74. The van der Waals surface area contributed by atoms with Crippen LogP contribution < -0.4 is 13.9 Å². The molecule has 1 fully saturated rings. The standard InChI is InChI=1S/C20H28N4O2S/c1-21-17-11-13-22(14-12-17)15-16-23-19-9-5-6-10-20(19)24(27(23,25)26)18-7-3-2-4-8-18/h2-10,17,21,25-26H,11-16H2,1H3. The fourth-order valence-electron chi connectivity index (χ4n) is 3.97. The Morgan fingerprint density at radius 3 is 2.22 bits per heavy atom. The molecule has 0 saturated carbocycles. The van der Waals surface area contributed by atoms with Crippen LogP contribution in [0.3, 0.4) is 0 Å². The Morgan fingerprint density at radius 2 is 1.56 bits per heavy atom. The van der Waals surface area contributed by atoms with E-state index in [1.165, 1.54) is 0 Å². The Kier molecular flexibility index (Phi) is 5.29. The minimum absolute atomic E-state index is 0.590. The lowest BCUT2D eigenvalue weighted by Gasteiger charge is -2.44. The van der Waals surface area contributed by atoms with Gasteiger partial charge in [0.15, 0.2) is 0 Å². The van der Waals surface area contributed by atoms with Crippen molar-refractivity contribution in [3.05, 3.63) is 54.6 Å². The highest BCUT2D eigenvalue weighted by molar-refractivity contribution is 8.27. The second-order valence-electron chi connectivity index (χ2n) is 7.12. The first kappa shape index (κ1) is 18.6. The maximum absolute atomic E-state index is 11.2. The van der Waals surface area contributed by atoms with Crippen molar-refractivity contribution in [3.8, 4) is 0 Å². The molecule has 7 heteroatoms. The van der Waals surface area contributed by atoms with E-state index in [1.54, 1.807) is 8.61 Å². The van der Waals surface area contributed by atoms with Crippen LogP contribution in [0.5, 0.6) is 0 Å². The Bertz CT molecular complexity index is 766. The van der Waals surface area contributed by atoms with E-state index < -0.39 is 11.0 Å². The fraction of sp³-hybridized carbons (Fsp3) is 0.400. The third-order valence-electron chi connectivity index (χ3n) is 5.52. The molecule has 0 spiro atoms. The number of likely N-dealkylation sites (tertiary alicyclic amines) is 1.